The monoisotopic (exact) mass is 365 g/mol. The van der Waals surface area contributed by atoms with Gasteiger partial charge in [-0.3, -0.25) is 4.79 Å². The van der Waals surface area contributed by atoms with Crippen molar-refractivity contribution < 1.29 is 9.53 Å². The molecular weight excluding hydrogens is 342 g/mol. The highest BCUT2D eigenvalue weighted by atomic mass is 32.2. The molecule has 2 heterocycles. The van der Waals surface area contributed by atoms with Crippen molar-refractivity contribution in [2.24, 2.45) is 13.0 Å². The molecule has 0 aliphatic heterocycles. The Morgan fingerprint density at radius 2 is 2.33 bits per heavy atom. The predicted molar refractivity (Wildman–Crippen MR) is 97.5 cm³/mol. The number of rotatable bonds is 5. The summed E-state index contributed by atoms with van der Waals surface area (Å²) < 4.78 is 6.75. The summed E-state index contributed by atoms with van der Waals surface area (Å²) in [6.45, 7) is 4.09. The molecule has 0 saturated heterocycles. The Kier molecular flexibility index (Phi) is 5.30. The number of carbonyl (C=O) groups excluding carboxylic acids is 1. The zero-order valence-electron chi connectivity index (χ0n) is 14.5. The maximum Gasteiger partial charge on any atom is 0.318 e. The highest BCUT2D eigenvalue weighted by molar-refractivity contribution is 8.00. The molecular formula is C17H23N3O2S2. The summed E-state index contributed by atoms with van der Waals surface area (Å²) >= 11 is 3.21. The first-order chi connectivity index (χ1) is 11.5. The minimum absolute atomic E-state index is 0.248. The molecule has 0 fully saturated rings. The van der Waals surface area contributed by atoms with Crippen LogP contribution in [0.5, 0.6) is 0 Å². The predicted octanol–water partition coefficient (Wildman–Crippen LogP) is 3.71. The first kappa shape index (κ1) is 17.5. The van der Waals surface area contributed by atoms with Crippen molar-refractivity contribution in [2.75, 3.05) is 7.11 Å². The van der Waals surface area contributed by atoms with Crippen LogP contribution in [0.4, 0.5) is 0 Å². The Morgan fingerprint density at radius 3 is 3.04 bits per heavy atom. The third kappa shape index (κ3) is 3.37. The summed E-state index contributed by atoms with van der Waals surface area (Å²) in [6.07, 6.45) is 4.90. The van der Waals surface area contributed by atoms with E-state index in [-0.39, 0.29) is 11.2 Å². The molecule has 2 atom stereocenters. The van der Waals surface area contributed by atoms with Gasteiger partial charge in [0.05, 0.1) is 12.0 Å². The van der Waals surface area contributed by atoms with Crippen molar-refractivity contribution in [1.82, 2.24) is 14.8 Å². The zero-order chi connectivity index (χ0) is 17.3. The Bertz CT molecular complexity index is 738. The lowest BCUT2D eigenvalue weighted by atomic mass is 9.87. The van der Waals surface area contributed by atoms with Gasteiger partial charge in [-0.05, 0) is 43.7 Å². The molecule has 5 nitrogen and oxygen atoms in total. The largest absolute Gasteiger partial charge is 0.468 e. The van der Waals surface area contributed by atoms with E-state index in [1.807, 2.05) is 29.9 Å². The van der Waals surface area contributed by atoms with Crippen LogP contribution in [0, 0.1) is 5.92 Å². The molecule has 0 aromatic carbocycles. The Labute approximate surface area is 150 Å². The summed E-state index contributed by atoms with van der Waals surface area (Å²) in [5.41, 5.74) is 1.48. The van der Waals surface area contributed by atoms with Crippen molar-refractivity contribution in [1.29, 1.82) is 0 Å². The lowest BCUT2D eigenvalue weighted by molar-refractivity contribution is -0.139. The summed E-state index contributed by atoms with van der Waals surface area (Å²) in [4.78, 5) is 14.3. The van der Waals surface area contributed by atoms with Crippen LogP contribution in [0.2, 0.25) is 0 Å². The topological polar surface area (TPSA) is 57.0 Å². The van der Waals surface area contributed by atoms with E-state index in [9.17, 15) is 4.79 Å². The zero-order valence-corrected chi connectivity index (χ0v) is 16.2. The summed E-state index contributed by atoms with van der Waals surface area (Å²) in [6, 6.07) is 2.28. The van der Waals surface area contributed by atoms with Crippen molar-refractivity contribution in [2.45, 2.75) is 49.9 Å². The fraction of sp³-hybridized carbons (Fsp3) is 0.588. The second kappa shape index (κ2) is 7.27. The van der Waals surface area contributed by atoms with E-state index in [1.54, 1.807) is 0 Å². The Hall–Kier alpha value is -1.34. The molecule has 0 N–H and O–H groups in total. The molecule has 0 saturated carbocycles. The van der Waals surface area contributed by atoms with Gasteiger partial charge in [0.1, 0.15) is 5.25 Å². The molecule has 0 bridgehead atoms. The number of thiophene rings is 1. The minimum atomic E-state index is -0.299. The standard InChI is InChI=1S/C17H23N3O2S2/c1-5-11-6-7-13-12(8-11)9-14(24-13)15-18-19-17(20(15)3)23-10(2)16(21)22-4/h9-11H,5-8H2,1-4H3/t10-,11-/m0/s1. The van der Waals surface area contributed by atoms with E-state index < -0.39 is 0 Å². The Balaban J connectivity index is 1.82. The third-order valence-electron chi connectivity index (χ3n) is 4.63. The number of methoxy groups -OCH3 is 1. The number of nitrogens with zero attached hydrogens (tertiary/aromatic N) is 3. The van der Waals surface area contributed by atoms with Gasteiger partial charge in [-0.1, -0.05) is 25.1 Å². The van der Waals surface area contributed by atoms with Crippen LogP contribution in [-0.2, 0) is 29.4 Å². The van der Waals surface area contributed by atoms with Crippen LogP contribution in [0.25, 0.3) is 10.7 Å². The van der Waals surface area contributed by atoms with Crippen LogP contribution in [0.3, 0.4) is 0 Å². The molecule has 7 heteroatoms. The maximum absolute atomic E-state index is 11.6. The lowest BCUT2D eigenvalue weighted by Crippen LogP contribution is -2.15. The van der Waals surface area contributed by atoms with Crippen LogP contribution in [0.15, 0.2) is 11.2 Å². The van der Waals surface area contributed by atoms with Crippen LogP contribution < -0.4 is 0 Å². The molecule has 3 rings (SSSR count). The number of hydrogen-bond acceptors (Lipinski definition) is 6. The van der Waals surface area contributed by atoms with E-state index in [0.717, 1.165) is 16.9 Å². The van der Waals surface area contributed by atoms with Crippen LogP contribution >= 0.6 is 23.1 Å². The number of ether oxygens (including phenoxy) is 1. The van der Waals surface area contributed by atoms with Gasteiger partial charge in [0, 0.05) is 11.9 Å². The van der Waals surface area contributed by atoms with E-state index in [1.165, 1.54) is 59.9 Å². The van der Waals surface area contributed by atoms with Gasteiger partial charge in [-0.15, -0.1) is 21.5 Å². The number of carbonyl (C=O) groups is 1. The van der Waals surface area contributed by atoms with Crippen LogP contribution in [0.1, 0.15) is 37.1 Å². The number of hydrogen-bond donors (Lipinski definition) is 0. The molecule has 0 spiro atoms. The van der Waals surface area contributed by atoms with Crippen molar-refractivity contribution in [3.05, 3.63) is 16.5 Å². The molecule has 0 amide bonds. The smallest absolute Gasteiger partial charge is 0.318 e. The fourth-order valence-electron chi connectivity index (χ4n) is 3.06. The third-order valence-corrected chi connectivity index (χ3v) is 6.98. The number of thioether (sulfide) groups is 1. The second-order valence-electron chi connectivity index (χ2n) is 6.22. The molecule has 2 aromatic heterocycles. The van der Waals surface area contributed by atoms with E-state index >= 15 is 0 Å². The molecule has 1 aliphatic rings. The summed E-state index contributed by atoms with van der Waals surface area (Å²) in [5, 5.41) is 9.06. The molecule has 0 unspecified atom stereocenters. The maximum atomic E-state index is 11.6. The second-order valence-corrected chi connectivity index (χ2v) is 8.67. The van der Waals surface area contributed by atoms with Crippen molar-refractivity contribution in [3.63, 3.8) is 0 Å². The average Bonchev–Trinajstić information content (AvgIpc) is 3.16. The van der Waals surface area contributed by atoms with Gasteiger partial charge in [-0.25, -0.2) is 0 Å². The first-order valence-corrected chi connectivity index (χ1v) is 9.98. The average molecular weight is 366 g/mol. The van der Waals surface area contributed by atoms with E-state index in [2.05, 4.69) is 23.2 Å². The number of fused-ring (bicyclic) bond motifs is 1. The van der Waals surface area contributed by atoms with Gasteiger partial charge in [0.15, 0.2) is 11.0 Å². The fourth-order valence-corrected chi connectivity index (χ4v) is 5.13. The number of esters is 1. The van der Waals surface area contributed by atoms with E-state index in [0.29, 0.717) is 0 Å². The minimum Gasteiger partial charge on any atom is -0.468 e. The van der Waals surface area contributed by atoms with Crippen LogP contribution in [-0.4, -0.2) is 33.1 Å². The van der Waals surface area contributed by atoms with Gasteiger partial charge in [-0.2, -0.15) is 0 Å². The first-order valence-electron chi connectivity index (χ1n) is 8.29. The lowest BCUT2D eigenvalue weighted by Gasteiger charge is -2.19. The Morgan fingerprint density at radius 1 is 1.54 bits per heavy atom. The molecule has 1 aliphatic carbocycles. The van der Waals surface area contributed by atoms with Gasteiger partial charge >= 0.3 is 5.97 Å². The number of aryl methyl sites for hydroxylation is 1. The highest BCUT2D eigenvalue weighted by Crippen LogP contribution is 2.38. The highest BCUT2D eigenvalue weighted by Gasteiger charge is 2.24. The van der Waals surface area contributed by atoms with E-state index in [4.69, 9.17) is 4.74 Å². The molecule has 0 radical (unpaired) electrons. The molecule has 130 valence electrons. The molecule has 2 aromatic rings. The molecule has 24 heavy (non-hydrogen) atoms. The van der Waals surface area contributed by atoms with Crippen molar-refractivity contribution >= 4 is 29.1 Å². The quantitative estimate of drug-likeness (QED) is 0.597. The van der Waals surface area contributed by atoms with Crippen molar-refractivity contribution in [3.8, 4) is 10.7 Å². The van der Waals surface area contributed by atoms with Gasteiger partial charge in [0.2, 0.25) is 0 Å². The summed E-state index contributed by atoms with van der Waals surface area (Å²) in [7, 11) is 3.36. The number of aromatic nitrogens is 3. The van der Waals surface area contributed by atoms with Gasteiger partial charge in [0.25, 0.3) is 0 Å². The SMILES string of the molecule is CC[C@H]1CCc2sc(-c3nnc(S[C@@H](C)C(=O)OC)n3C)cc2C1. The normalized spacial score (nSPS) is 18.2. The summed E-state index contributed by atoms with van der Waals surface area (Å²) in [5.74, 6) is 1.44. The van der Waals surface area contributed by atoms with Gasteiger partial charge < -0.3 is 9.30 Å².